The molecule has 1 fully saturated rings. The Labute approximate surface area is 184 Å². The normalized spacial score (nSPS) is 23.3. The first-order valence-electron chi connectivity index (χ1n) is 9.30. The third-order valence-electron chi connectivity index (χ3n) is 5.84. The Balaban J connectivity index is 2.37. The van der Waals surface area contributed by atoms with E-state index in [9.17, 15) is 48.7 Å². The molecule has 2 N–H and O–H groups in total. The summed E-state index contributed by atoms with van der Waals surface area (Å²) in [6.45, 7) is 1.99. The topological polar surface area (TPSA) is 43.1 Å². The van der Waals surface area contributed by atoms with Gasteiger partial charge in [-0.3, -0.25) is 4.79 Å². The quantitative estimate of drug-likeness (QED) is 0.481. The molecule has 1 saturated carbocycles. The summed E-state index contributed by atoms with van der Waals surface area (Å²) in [6, 6.07) is 5.56. The monoisotopic (exact) mass is 505 g/mol. The van der Waals surface area contributed by atoms with Crippen molar-refractivity contribution in [3.63, 3.8) is 0 Å². The minimum absolute atomic E-state index is 0.00816. The first kappa shape index (κ1) is 25.8. The molecule has 0 atom stereocenters. The zero-order valence-corrected chi connectivity index (χ0v) is 17.1. The number of benzene rings is 2. The van der Waals surface area contributed by atoms with Crippen LogP contribution < -0.4 is 5.73 Å². The second kappa shape index (κ2) is 7.08. The first-order chi connectivity index (χ1) is 15.2. The van der Waals surface area contributed by atoms with Gasteiger partial charge in [0, 0.05) is 11.1 Å². The minimum Gasteiger partial charge on any atom is -0.366 e. The molecule has 3 rings (SSSR count). The summed E-state index contributed by atoms with van der Waals surface area (Å²) in [4.78, 5) is 11.7. The molecule has 2 aromatic rings. The summed E-state index contributed by atoms with van der Waals surface area (Å²) in [6.07, 6.45) is 0. The standard InChI is InChI=1S/C21H14F11NO/c1-9-7-11(8-10(2)14(9)12-5-3-4-6-13(12)15(33)34)16(22)17(23,24)19(27,28)21(31,32)20(29,30)18(16,25)26/h3-8H,1-2H3,(H2,33,34). The van der Waals surface area contributed by atoms with Gasteiger partial charge in [0.05, 0.1) is 0 Å². The Morgan fingerprint density at radius 1 is 0.676 bits per heavy atom. The lowest BCUT2D eigenvalue weighted by molar-refractivity contribution is -0.489. The lowest BCUT2D eigenvalue weighted by Gasteiger charge is -2.52. The maximum atomic E-state index is 15.4. The molecule has 0 spiro atoms. The zero-order chi connectivity index (χ0) is 26.3. The van der Waals surface area contributed by atoms with E-state index in [4.69, 9.17) is 5.73 Å². The molecule has 34 heavy (non-hydrogen) atoms. The Kier molecular flexibility index (Phi) is 5.36. The van der Waals surface area contributed by atoms with E-state index in [1.807, 2.05) is 0 Å². The number of aryl methyl sites for hydroxylation is 2. The Morgan fingerprint density at radius 3 is 1.47 bits per heavy atom. The van der Waals surface area contributed by atoms with Gasteiger partial charge in [0.2, 0.25) is 5.91 Å². The molecule has 0 radical (unpaired) electrons. The number of halogens is 11. The van der Waals surface area contributed by atoms with Crippen LogP contribution in [-0.4, -0.2) is 35.5 Å². The maximum absolute atomic E-state index is 15.4. The Morgan fingerprint density at radius 2 is 1.06 bits per heavy atom. The molecule has 1 amide bonds. The number of carbonyl (C=O) groups is 1. The van der Waals surface area contributed by atoms with Gasteiger partial charge in [-0.05, 0) is 42.2 Å². The molecule has 2 aromatic carbocycles. The number of alkyl halides is 11. The highest BCUT2D eigenvalue weighted by atomic mass is 19.4. The SMILES string of the molecule is Cc1cc(C2(F)C(F)(F)C(F)(F)C(F)(F)C(F)(F)C2(F)F)cc(C)c1-c1ccccc1C(N)=O. The van der Waals surface area contributed by atoms with Crippen molar-refractivity contribution >= 4 is 5.91 Å². The molecule has 2 nitrogen and oxygen atoms in total. The number of nitrogens with two attached hydrogens (primary N) is 1. The fraction of sp³-hybridized carbons (Fsp3) is 0.381. The average Bonchev–Trinajstić information content (AvgIpc) is 2.71. The number of amides is 1. The predicted octanol–water partition coefficient (Wildman–Crippen LogP) is 6.42. The van der Waals surface area contributed by atoms with E-state index in [1.165, 1.54) is 24.3 Å². The van der Waals surface area contributed by atoms with Gasteiger partial charge in [0.25, 0.3) is 5.67 Å². The van der Waals surface area contributed by atoms with Crippen LogP contribution in [0.25, 0.3) is 11.1 Å². The fourth-order valence-corrected chi connectivity index (χ4v) is 4.09. The number of hydrogen-bond acceptors (Lipinski definition) is 1. The van der Waals surface area contributed by atoms with Gasteiger partial charge in [-0.2, -0.15) is 43.9 Å². The number of hydrogen-bond donors (Lipinski definition) is 1. The van der Waals surface area contributed by atoms with Crippen LogP contribution in [0.1, 0.15) is 27.0 Å². The summed E-state index contributed by atoms with van der Waals surface area (Å²) >= 11 is 0. The lowest BCUT2D eigenvalue weighted by atomic mass is 9.68. The Hall–Kier alpha value is -2.86. The van der Waals surface area contributed by atoms with Crippen molar-refractivity contribution in [3.8, 4) is 11.1 Å². The third kappa shape index (κ3) is 2.72. The van der Waals surface area contributed by atoms with Crippen molar-refractivity contribution in [1.82, 2.24) is 0 Å². The third-order valence-corrected chi connectivity index (χ3v) is 5.84. The van der Waals surface area contributed by atoms with Crippen LogP contribution in [0.3, 0.4) is 0 Å². The molecule has 0 aliphatic heterocycles. The highest BCUT2D eigenvalue weighted by molar-refractivity contribution is 6.00. The summed E-state index contributed by atoms with van der Waals surface area (Å²) in [5.74, 6) is -36.6. The molecule has 0 aromatic heterocycles. The molecule has 13 heteroatoms. The van der Waals surface area contributed by atoms with Crippen LogP contribution in [0.2, 0.25) is 0 Å². The highest BCUT2D eigenvalue weighted by Gasteiger charge is 3.01. The highest BCUT2D eigenvalue weighted by Crippen LogP contribution is 2.72. The molecule has 0 heterocycles. The van der Waals surface area contributed by atoms with Gasteiger partial charge < -0.3 is 5.73 Å². The molecule has 186 valence electrons. The van der Waals surface area contributed by atoms with E-state index in [0.29, 0.717) is 0 Å². The Bertz CT molecular complexity index is 1120. The number of primary amides is 1. The van der Waals surface area contributed by atoms with Crippen molar-refractivity contribution in [2.45, 2.75) is 49.1 Å². The van der Waals surface area contributed by atoms with Crippen molar-refractivity contribution in [2.75, 3.05) is 0 Å². The van der Waals surface area contributed by atoms with Crippen molar-refractivity contribution in [2.24, 2.45) is 5.73 Å². The van der Waals surface area contributed by atoms with Gasteiger partial charge in [-0.15, -0.1) is 0 Å². The van der Waals surface area contributed by atoms with Crippen LogP contribution in [-0.2, 0) is 5.67 Å². The summed E-state index contributed by atoms with van der Waals surface area (Å²) in [5, 5.41) is 0. The van der Waals surface area contributed by atoms with Crippen molar-refractivity contribution < 1.29 is 53.1 Å². The summed E-state index contributed by atoms with van der Waals surface area (Å²) in [5.41, 5.74) is -4.07. The second-order valence-corrected chi connectivity index (χ2v) is 7.93. The van der Waals surface area contributed by atoms with Crippen LogP contribution >= 0.6 is 0 Å². The fourth-order valence-electron chi connectivity index (χ4n) is 4.09. The molecule has 0 saturated heterocycles. The molecular formula is C21H14F11NO. The van der Waals surface area contributed by atoms with Gasteiger partial charge in [-0.25, -0.2) is 4.39 Å². The van der Waals surface area contributed by atoms with E-state index < -0.39 is 57.9 Å². The van der Waals surface area contributed by atoms with Gasteiger partial charge >= 0.3 is 29.6 Å². The van der Waals surface area contributed by atoms with E-state index in [-0.39, 0.29) is 28.8 Å². The second-order valence-electron chi connectivity index (χ2n) is 7.93. The maximum Gasteiger partial charge on any atom is 0.384 e. The molecule has 0 bridgehead atoms. The lowest BCUT2D eigenvalue weighted by Crippen LogP contribution is -2.82. The van der Waals surface area contributed by atoms with Crippen LogP contribution in [0.5, 0.6) is 0 Å². The molecule has 1 aliphatic carbocycles. The van der Waals surface area contributed by atoms with Gasteiger partial charge in [0.15, 0.2) is 0 Å². The molecule has 0 unspecified atom stereocenters. The zero-order valence-electron chi connectivity index (χ0n) is 17.1. The average molecular weight is 505 g/mol. The molecule has 1 aliphatic rings. The summed E-state index contributed by atoms with van der Waals surface area (Å²) < 4.78 is 156. The predicted molar refractivity (Wildman–Crippen MR) is 97.4 cm³/mol. The van der Waals surface area contributed by atoms with E-state index in [2.05, 4.69) is 0 Å². The summed E-state index contributed by atoms with van der Waals surface area (Å²) in [7, 11) is 0. The van der Waals surface area contributed by atoms with E-state index in [0.717, 1.165) is 13.8 Å². The number of rotatable bonds is 3. The van der Waals surface area contributed by atoms with Gasteiger partial charge in [0.1, 0.15) is 0 Å². The van der Waals surface area contributed by atoms with Crippen molar-refractivity contribution in [3.05, 3.63) is 58.7 Å². The van der Waals surface area contributed by atoms with Crippen LogP contribution in [0.4, 0.5) is 48.3 Å². The van der Waals surface area contributed by atoms with E-state index in [1.54, 1.807) is 0 Å². The first-order valence-corrected chi connectivity index (χ1v) is 9.30. The molecular weight excluding hydrogens is 491 g/mol. The van der Waals surface area contributed by atoms with Crippen molar-refractivity contribution in [1.29, 1.82) is 0 Å². The van der Waals surface area contributed by atoms with E-state index >= 15 is 4.39 Å². The minimum atomic E-state index is -7.28. The van der Waals surface area contributed by atoms with Crippen LogP contribution in [0, 0.1) is 13.8 Å². The number of carbonyl (C=O) groups excluding carboxylic acids is 1. The smallest absolute Gasteiger partial charge is 0.366 e. The van der Waals surface area contributed by atoms with Gasteiger partial charge in [-0.1, -0.05) is 30.3 Å². The largest absolute Gasteiger partial charge is 0.384 e. The van der Waals surface area contributed by atoms with Crippen LogP contribution in [0.15, 0.2) is 36.4 Å².